The molecule has 3 rings (SSSR count). The highest BCUT2D eigenvalue weighted by Gasteiger charge is 2.33. The number of halogens is 4. The minimum Gasteiger partial charge on any atom is -0.375 e. The number of aromatic nitrogens is 1. The lowest BCUT2D eigenvalue weighted by molar-refractivity contribution is -0.137. The normalized spacial score (nSPS) is 20.7. The van der Waals surface area contributed by atoms with E-state index >= 15 is 0 Å². The third kappa shape index (κ3) is 4.65. The number of alkyl halides is 3. The van der Waals surface area contributed by atoms with Crippen LogP contribution in [-0.4, -0.2) is 23.0 Å². The molecule has 2 N–H and O–H groups in total. The number of anilines is 1. The van der Waals surface area contributed by atoms with Crippen LogP contribution in [0, 0.1) is 0 Å². The second kappa shape index (κ2) is 7.93. The zero-order valence-electron chi connectivity index (χ0n) is 13.8. The number of nitrogen functional groups attached to an aromatic ring is 1. The van der Waals surface area contributed by atoms with E-state index in [1.807, 2.05) is 0 Å². The predicted molar refractivity (Wildman–Crippen MR) is 97.1 cm³/mol. The highest BCUT2D eigenvalue weighted by atomic mass is 35.5. The summed E-state index contributed by atoms with van der Waals surface area (Å²) in [5.41, 5.74) is 6.07. The summed E-state index contributed by atoms with van der Waals surface area (Å²) in [5.74, 6) is 0.266. The van der Waals surface area contributed by atoms with Crippen LogP contribution in [0.3, 0.4) is 0 Å². The zero-order valence-corrected chi connectivity index (χ0v) is 15.4. The fraction of sp³-hybridized carbons (Fsp3) is 0.471. The smallest absolute Gasteiger partial charge is 0.375 e. The van der Waals surface area contributed by atoms with Gasteiger partial charge in [0.2, 0.25) is 0 Å². The van der Waals surface area contributed by atoms with E-state index in [0.29, 0.717) is 11.2 Å². The van der Waals surface area contributed by atoms with Gasteiger partial charge in [0.1, 0.15) is 0 Å². The number of hydrogen-bond donors (Lipinski definition) is 1. The van der Waals surface area contributed by atoms with Gasteiger partial charge >= 0.3 is 6.18 Å². The van der Waals surface area contributed by atoms with Crippen molar-refractivity contribution < 1.29 is 13.2 Å². The summed E-state index contributed by atoms with van der Waals surface area (Å²) >= 11 is 1.48. The Balaban J connectivity index is 0.00000225. The Morgan fingerprint density at radius 2 is 1.92 bits per heavy atom. The number of likely N-dealkylation sites (N-methyl/N-ethyl adjacent to an activating group) is 1. The van der Waals surface area contributed by atoms with Crippen LogP contribution in [0.2, 0.25) is 0 Å². The third-order valence-corrected chi connectivity index (χ3v) is 5.50. The quantitative estimate of drug-likeness (QED) is 0.803. The summed E-state index contributed by atoms with van der Waals surface area (Å²) in [5, 5.41) is 0.559. The number of thiazole rings is 1. The summed E-state index contributed by atoms with van der Waals surface area (Å²) in [6, 6.07) is 5.96. The van der Waals surface area contributed by atoms with E-state index in [4.69, 9.17) is 5.73 Å². The first kappa shape index (κ1) is 20.0. The maximum Gasteiger partial charge on any atom is 0.416 e. The van der Waals surface area contributed by atoms with Crippen molar-refractivity contribution in [3.05, 3.63) is 46.5 Å². The number of benzene rings is 1. The highest BCUT2D eigenvalue weighted by Crippen LogP contribution is 2.39. The molecule has 2 unspecified atom stereocenters. The zero-order chi connectivity index (χ0) is 17.3. The minimum absolute atomic E-state index is 0. The number of hydrogen-bond acceptors (Lipinski definition) is 4. The third-order valence-electron chi connectivity index (χ3n) is 4.69. The van der Waals surface area contributed by atoms with Gasteiger partial charge in [0, 0.05) is 23.7 Å². The highest BCUT2D eigenvalue weighted by molar-refractivity contribution is 7.15. The van der Waals surface area contributed by atoms with Crippen LogP contribution in [0.5, 0.6) is 0 Å². The molecule has 2 atom stereocenters. The van der Waals surface area contributed by atoms with E-state index in [-0.39, 0.29) is 18.3 Å². The van der Waals surface area contributed by atoms with E-state index in [2.05, 4.69) is 16.9 Å². The molecule has 0 bridgehead atoms. The van der Waals surface area contributed by atoms with E-state index in [9.17, 15) is 13.2 Å². The lowest BCUT2D eigenvalue weighted by Gasteiger charge is -2.29. The van der Waals surface area contributed by atoms with Crippen LogP contribution in [0.1, 0.15) is 41.2 Å². The van der Waals surface area contributed by atoms with Crippen molar-refractivity contribution in [3.63, 3.8) is 0 Å². The van der Waals surface area contributed by atoms with E-state index in [1.165, 1.54) is 23.5 Å². The molecule has 2 aromatic rings. The van der Waals surface area contributed by atoms with Crippen LogP contribution in [-0.2, 0) is 12.7 Å². The van der Waals surface area contributed by atoms with Crippen LogP contribution < -0.4 is 5.73 Å². The molecule has 25 heavy (non-hydrogen) atoms. The van der Waals surface area contributed by atoms with Gasteiger partial charge in [-0.25, -0.2) is 4.98 Å². The van der Waals surface area contributed by atoms with Gasteiger partial charge in [0.25, 0.3) is 0 Å². The van der Waals surface area contributed by atoms with Gasteiger partial charge in [-0.15, -0.1) is 23.7 Å². The average molecular weight is 392 g/mol. The summed E-state index contributed by atoms with van der Waals surface area (Å²) in [4.78, 5) is 7.44. The fourth-order valence-corrected chi connectivity index (χ4v) is 4.28. The van der Waals surface area contributed by atoms with Gasteiger partial charge in [-0.1, -0.05) is 18.6 Å². The van der Waals surface area contributed by atoms with Gasteiger partial charge in [0.15, 0.2) is 5.13 Å². The Labute approximate surface area is 155 Å². The molecular weight excluding hydrogens is 371 g/mol. The van der Waals surface area contributed by atoms with E-state index in [1.54, 1.807) is 18.3 Å². The van der Waals surface area contributed by atoms with Gasteiger partial charge < -0.3 is 5.73 Å². The molecule has 1 aromatic carbocycles. The van der Waals surface area contributed by atoms with E-state index < -0.39 is 11.7 Å². The average Bonchev–Trinajstić information content (AvgIpc) is 3.15. The molecule has 0 aliphatic heterocycles. The van der Waals surface area contributed by atoms with Gasteiger partial charge in [0.05, 0.1) is 5.56 Å². The lowest BCUT2D eigenvalue weighted by atomic mass is 9.92. The molecule has 138 valence electrons. The summed E-state index contributed by atoms with van der Waals surface area (Å²) in [7, 11) is 2.06. The Kier molecular flexibility index (Phi) is 6.35. The van der Waals surface area contributed by atoms with Crippen molar-refractivity contribution in [3.8, 4) is 0 Å². The molecule has 0 spiro atoms. The molecule has 0 saturated heterocycles. The molecule has 1 aliphatic rings. The molecule has 1 heterocycles. The Hall–Kier alpha value is -1.31. The van der Waals surface area contributed by atoms with Crippen molar-refractivity contribution in [2.75, 3.05) is 12.8 Å². The van der Waals surface area contributed by atoms with Crippen molar-refractivity contribution in [2.24, 2.45) is 0 Å². The molecule has 1 aliphatic carbocycles. The van der Waals surface area contributed by atoms with Crippen molar-refractivity contribution >= 4 is 28.9 Å². The SMILES string of the molecule is CN(Cc1cnc(N)s1)C1CCCC1c1ccc(C(F)(F)F)cc1.Cl. The van der Waals surface area contributed by atoms with Crippen molar-refractivity contribution in [1.82, 2.24) is 9.88 Å². The van der Waals surface area contributed by atoms with Gasteiger partial charge in [-0.2, -0.15) is 13.2 Å². The molecule has 8 heteroatoms. The minimum atomic E-state index is -4.28. The first-order valence-corrected chi connectivity index (χ1v) is 8.74. The van der Waals surface area contributed by atoms with Crippen LogP contribution in [0.25, 0.3) is 0 Å². The first-order valence-electron chi connectivity index (χ1n) is 7.92. The summed E-state index contributed by atoms with van der Waals surface area (Å²) in [6.45, 7) is 0.761. The molecule has 0 radical (unpaired) electrons. The standard InChI is InChI=1S/C17H20F3N3S.ClH/c1-23(10-13-9-22-16(21)24-13)15-4-2-3-14(15)11-5-7-12(8-6-11)17(18,19)20;/h5-9,14-15H,2-4,10H2,1H3,(H2,21,22);1H. The molecule has 1 saturated carbocycles. The van der Waals surface area contributed by atoms with Crippen LogP contribution in [0.4, 0.5) is 18.3 Å². The Morgan fingerprint density at radius 1 is 1.24 bits per heavy atom. The van der Waals surface area contributed by atoms with Crippen LogP contribution >= 0.6 is 23.7 Å². The second-order valence-corrected chi connectivity index (χ2v) is 7.45. The number of rotatable bonds is 4. The van der Waals surface area contributed by atoms with Gasteiger partial charge in [-0.05, 0) is 43.5 Å². The topological polar surface area (TPSA) is 42.2 Å². The van der Waals surface area contributed by atoms with Gasteiger partial charge in [-0.3, -0.25) is 4.90 Å². The largest absolute Gasteiger partial charge is 0.416 e. The molecule has 3 nitrogen and oxygen atoms in total. The monoisotopic (exact) mass is 391 g/mol. The maximum absolute atomic E-state index is 12.7. The number of nitrogens with two attached hydrogens (primary N) is 1. The Morgan fingerprint density at radius 3 is 2.48 bits per heavy atom. The lowest BCUT2D eigenvalue weighted by Crippen LogP contribution is -2.33. The maximum atomic E-state index is 12.7. The number of nitrogens with zero attached hydrogens (tertiary/aromatic N) is 2. The summed E-state index contributed by atoms with van der Waals surface area (Å²) in [6.07, 6.45) is 0.655. The fourth-order valence-electron chi connectivity index (χ4n) is 3.53. The van der Waals surface area contributed by atoms with Crippen molar-refractivity contribution in [2.45, 2.75) is 43.9 Å². The van der Waals surface area contributed by atoms with E-state index in [0.717, 1.165) is 36.2 Å². The first-order chi connectivity index (χ1) is 11.3. The second-order valence-electron chi connectivity index (χ2n) is 6.30. The molecular formula is C17H21ClF3N3S. The summed E-state index contributed by atoms with van der Waals surface area (Å²) < 4.78 is 38.2. The predicted octanol–water partition coefficient (Wildman–Crippen LogP) is 4.93. The van der Waals surface area contributed by atoms with Crippen molar-refractivity contribution in [1.29, 1.82) is 0 Å². The molecule has 0 amide bonds. The molecule has 1 aromatic heterocycles. The Bertz CT molecular complexity index is 687. The molecule has 1 fully saturated rings. The van der Waals surface area contributed by atoms with Crippen LogP contribution in [0.15, 0.2) is 30.5 Å².